The molecule has 0 aliphatic heterocycles. The SMILES string of the molecule is O=C(O)CCc1cccc(NC(=O)CCn2ccnn2)c1. The van der Waals surface area contributed by atoms with Gasteiger partial charge in [0.1, 0.15) is 0 Å². The Kier molecular flexibility index (Phi) is 5.03. The lowest BCUT2D eigenvalue weighted by molar-refractivity contribution is -0.137. The van der Waals surface area contributed by atoms with E-state index in [0.717, 1.165) is 5.56 Å². The monoisotopic (exact) mass is 288 g/mol. The molecule has 2 N–H and O–H groups in total. The van der Waals surface area contributed by atoms with Crippen molar-refractivity contribution in [2.45, 2.75) is 25.8 Å². The minimum atomic E-state index is -0.836. The summed E-state index contributed by atoms with van der Waals surface area (Å²) in [7, 11) is 0. The molecule has 0 aliphatic carbocycles. The van der Waals surface area contributed by atoms with E-state index in [1.165, 1.54) is 0 Å². The fraction of sp³-hybridized carbons (Fsp3) is 0.286. The highest BCUT2D eigenvalue weighted by Gasteiger charge is 2.05. The molecule has 0 spiro atoms. The van der Waals surface area contributed by atoms with Crippen LogP contribution < -0.4 is 5.32 Å². The Morgan fingerprint density at radius 2 is 2.14 bits per heavy atom. The largest absolute Gasteiger partial charge is 0.481 e. The molecular weight excluding hydrogens is 272 g/mol. The lowest BCUT2D eigenvalue weighted by Crippen LogP contribution is -2.15. The zero-order chi connectivity index (χ0) is 15.1. The molecule has 1 amide bonds. The second-order valence-corrected chi connectivity index (χ2v) is 4.56. The van der Waals surface area contributed by atoms with Gasteiger partial charge in [-0.1, -0.05) is 17.3 Å². The molecule has 0 saturated carbocycles. The number of carbonyl (C=O) groups is 2. The minimum Gasteiger partial charge on any atom is -0.481 e. The third-order valence-electron chi connectivity index (χ3n) is 2.88. The summed E-state index contributed by atoms with van der Waals surface area (Å²) in [5.41, 5.74) is 1.55. The summed E-state index contributed by atoms with van der Waals surface area (Å²) in [6.07, 6.45) is 4.06. The molecule has 0 unspecified atom stereocenters. The Morgan fingerprint density at radius 1 is 1.29 bits per heavy atom. The summed E-state index contributed by atoms with van der Waals surface area (Å²) >= 11 is 0. The van der Waals surface area contributed by atoms with E-state index in [1.807, 2.05) is 6.07 Å². The van der Waals surface area contributed by atoms with Crippen LogP contribution in [0.3, 0.4) is 0 Å². The zero-order valence-electron chi connectivity index (χ0n) is 11.4. The molecule has 110 valence electrons. The molecular formula is C14H16N4O3. The molecule has 0 atom stereocenters. The highest BCUT2D eigenvalue weighted by Crippen LogP contribution is 2.12. The van der Waals surface area contributed by atoms with E-state index in [9.17, 15) is 9.59 Å². The van der Waals surface area contributed by atoms with Crippen molar-refractivity contribution in [3.8, 4) is 0 Å². The average molecular weight is 288 g/mol. The molecule has 0 fully saturated rings. The zero-order valence-corrected chi connectivity index (χ0v) is 11.4. The Morgan fingerprint density at radius 3 is 2.86 bits per heavy atom. The molecule has 7 heteroatoms. The van der Waals surface area contributed by atoms with Crippen LogP contribution in [0.25, 0.3) is 0 Å². The van der Waals surface area contributed by atoms with Gasteiger partial charge in [-0.15, -0.1) is 5.10 Å². The van der Waals surface area contributed by atoms with Crippen LogP contribution in [-0.2, 0) is 22.6 Å². The summed E-state index contributed by atoms with van der Waals surface area (Å²) < 4.78 is 1.59. The molecule has 2 aromatic rings. The maximum Gasteiger partial charge on any atom is 0.303 e. The second kappa shape index (κ2) is 7.18. The van der Waals surface area contributed by atoms with Crippen LogP contribution in [0.4, 0.5) is 5.69 Å². The number of benzene rings is 1. The molecule has 0 saturated heterocycles. The number of nitrogens with zero attached hydrogens (tertiary/aromatic N) is 3. The van der Waals surface area contributed by atoms with Crippen molar-refractivity contribution >= 4 is 17.6 Å². The molecule has 2 rings (SSSR count). The lowest BCUT2D eigenvalue weighted by atomic mass is 10.1. The van der Waals surface area contributed by atoms with Crippen molar-refractivity contribution in [1.29, 1.82) is 0 Å². The molecule has 21 heavy (non-hydrogen) atoms. The number of aromatic nitrogens is 3. The summed E-state index contributed by atoms with van der Waals surface area (Å²) in [5, 5.41) is 18.9. The first kappa shape index (κ1) is 14.7. The van der Waals surface area contributed by atoms with Crippen LogP contribution >= 0.6 is 0 Å². The van der Waals surface area contributed by atoms with E-state index >= 15 is 0 Å². The predicted octanol–water partition coefficient (Wildman–Crippen LogP) is 1.32. The first-order chi connectivity index (χ1) is 10.1. The third-order valence-corrected chi connectivity index (χ3v) is 2.88. The van der Waals surface area contributed by atoms with Gasteiger partial charge in [-0.25, -0.2) is 0 Å². The molecule has 0 aliphatic rings. The maximum atomic E-state index is 11.8. The minimum absolute atomic E-state index is 0.0731. The number of rotatable bonds is 7. The second-order valence-electron chi connectivity index (χ2n) is 4.56. The molecule has 1 aromatic carbocycles. The van der Waals surface area contributed by atoms with Gasteiger partial charge >= 0.3 is 5.97 Å². The van der Waals surface area contributed by atoms with Crippen LogP contribution in [0, 0.1) is 0 Å². The summed E-state index contributed by atoms with van der Waals surface area (Å²) in [4.78, 5) is 22.4. The van der Waals surface area contributed by atoms with E-state index in [-0.39, 0.29) is 12.3 Å². The fourth-order valence-corrected chi connectivity index (χ4v) is 1.85. The van der Waals surface area contributed by atoms with Gasteiger partial charge in [-0.05, 0) is 24.1 Å². The third kappa shape index (κ3) is 5.06. The van der Waals surface area contributed by atoms with Gasteiger partial charge in [0.2, 0.25) is 5.91 Å². The normalized spacial score (nSPS) is 10.3. The van der Waals surface area contributed by atoms with Crippen molar-refractivity contribution in [1.82, 2.24) is 15.0 Å². The highest BCUT2D eigenvalue weighted by molar-refractivity contribution is 5.90. The van der Waals surface area contributed by atoms with Gasteiger partial charge in [-0.3, -0.25) is 14.3 Å². The molecule has 1 heterocycles. The van der Waals surface area contributed by atoms with Crippen molar-refractivity contribution in [2.24, 2.45) is 0 Å². The van der Waals surface area contributed by atoms with Gasteiger partial charge in [0.05, 0.1) is 12.7 Å². The van der Waals surface area contributed by atoms with Crippen molar-refractivity contribution in [3.63, 3.8) is 0 Å². The number of hydrogen-bond acceptors (Lipinski definition) is 4. The predicted molar refractivity (Wildman–Crippen MR) is 75.7 cm³/mol. The van der Waals surface area contributed by atoms with Gasteiger partial charge in [0, 0.05) is 24.7 Å². The number of carboxylic acid groups (broad SMARTS) is 1. The highest BCUT2D eigenvalue weighted by atomic mass is 16.4. The molecule has 7 nitrogen and oxygen atoms in total. The number of hydrogen-bond donors (Lipinski definition) is 2. The van der Waals surface area contributed by atoms with E-state index in [0.29, 0.717) is 25.1 Å². The lowest BCUT2D eigenvalue weighted by Gasteiger charge is -2.07. The number of amides is 1. The number of aliphatic carboxylic acids is 1. The number of nitrogens with one attached hydrogen (secondary N) is 1. The Hall–Kier alpha value is -2.70. The first-order valence-corrected chi connectivity index (χ1v) is 6.58. The van der Waals surface area contributed by atoms with Gasteiger partial charge < -0.3 is 10.4 Å². The quantitative estimate of drug-likeness (QED) is 0.801. The smallest absolute Gasteiger partial charge is 0.303 e. The van der Waals surface area contributed by atoms with E-state index in [1.54, 1.807) is 35.3 Å². The van der Waals surface area contributed by atoms with Gasteiger partial charge in [-0.2, -0.15) is 0 Å². The number of carbonyl (C=O) groups excluding carboxylic acids is 1. The summed E-state index contributed by atoms with van der Waals surface area (Å²) in [5.74, 6) is -0.960. The average Bonchev–Trinajstić information content (AvgIpc) is 2.97. The Balaban J connectivity index is 1.85. The van der Waals surface area contributed by atoms with Crippen LogP contribution in [0.1, 0.15) is 18.4 Å². The molecule has 0 bridgehead atoms. The summed E-state index contributed by atoms with van der Waals surface area (Å²) in [6, 6.07) is 7.20. The van der Waals surface area contributed by atoms with Crippen molar-refractivity contribution in [3.05, 3.63) is 42.2 Å². The van der Waals surface area contributed by atoms with Gasteiger partial charge in [0.15, 0.2) is 0 Å². The van der Waals surface area contributed by atoms with E-state index < -0.39 is 5.97 Å². The standard InChI is InChI=1S/C14H16N4O3/c19-13(6-8-18-9-7-15-17-18)16-12-3-1-2-11(10-12)4-5-14(20)21/h1-3,7,9-10H,4-6,8H2,(H,16,19)(H,20,21). The van der Waals surface area contributed by atoms with Crippen molar-refractivity contribution < 1.29 is 14.7 Å². The van der Waals surface area contributed by atoms with Crippen LogP contribution in [0.15, 0.2) is 36.7 Å². The Labute approximate surface area is 121 Å². The summed E-state index contributed by atoms with van der Waals surface area (Å²) in [6.45, 7) is 0.463. The van der Waals surface area contributed by atoms with Gasteiger partial charge in [0.25, 0.3) is 0 Å². The van der Waals surface area contributed by atoms with E-state index in [4.69, 9.17) is 5.11 Å². The molecule has 0 radical (unpaired) electrons. The maximum absolute atomic E-state index is 11.8. The van der Waals surface area contributed by atoms with Crippen LogP contribution in [0.2, 0.25) is 0 Å². The number of carboxylic acids is 1. The topological polar surface area (TPSA) is 97.1 Å². The van der Waals surface area contributed by atoms with Crippen LogP contribution in [0.5, 0.6) is 0 Å². The Bertz CT molecular complexity index is 610. The number of anilines is 1. The van der Waals surface area contributed by atoms with E-state index in [2.05, 4.69) is 15.6 Å². The first-order valence-electron chi connectivity index (χ1n) is 6.58. The number of aryl methyl sites for hydroxylation is 2. The fourth-order valence-electron chi connectivity index (χ4n) is 1.85. The molecule has 1 aromatic heterocycles. The van der Waals surface area contributed by atoms with Crippen LogP contribution in [-0.4, -0.2) is 32.0 Å². The van der Waals surface area contributed by atoms with Crippen molar-refractivity contribution in [2.75, 3.05) is 5.32 Å².